The zero-order valence-corrected chi connectivity index (χ0v) is 13.9. The number of rotatable bonds is 8. The maximum absolute atomic E-state index is 12.2. The normalized spacial score (nSPS) is 12.2. The van der Waals surface area contributed by atoms with Crippen molar-refractivity contribution in [3.8, 4) is 0 Å². The Kier molecular flexibility index (Phi) is 7.05. The number of carboxylic acids is 1. The second-order valence-electron chi connectivity index (χ2n) is 5.50. The number of carboxylic acid groups (broad SMARTS) is 1. The molecule has 122 valence electrons. The van der Waals surface area contributed by atoms with Crippen LogP contribution in [0.1, 0.15) is 43.1 Å². The van der Waals surface area contributed by atoms with Crippen molar-refractivity contribution in [3.05, 3.63) is 35.4 Å². The minimum Gasteiger partial charge on any atom is -0.480 e. The molecular weight excluding hydrogens is 280 g/mol. The number of nitrogens with zero attached hydrogens (tertiary/aromatic N) is 2. The fraction of sp³-hybridized carbons (Fsp3) is 0.529. The summed E-state index contributed by atoms with van der Waals surface area (Å²) in [5.74, 6) is -1.28. The summed E-state index contributed by atoms with van der Waals surface area (Å²) >= 11 is 0. The highest BCUT2D eigenvalue weighted by molar-refractivity contribution is 5.96. The monoisotopic (exact) mass is 306 g/mol. The molecular formula is C17H26N2O3. The first-order valence-corrected chi connectivity index (χ1v) is 7.71. The summed E-state index contributed by atoms with van der Waals surface area (Å²) in [6.07, 6.45) is 1.11. The molecule has 0 saturated heterocycles. The van der Waals surface area contributed by atoms with Crippen LogP contribution in [0, 0.1) is 0 Å². The maximum Gasteiger partial charge on any atom is 0.326 e. The molecule has 0 aromatic heterocycles. The zero-order chi connectivity index (χ0) is 16.7. The largest absolute Gasteiger partial charge is 0.480 e. The molecule has 1 amide bonds. The van der Waals surface area contributed by atoms with Crippen LogP contribution >= 0.6 is 0 Å². The second-order valence-corrected chi connectivity index (χ2v) is 5.50. The van der Waals surface area contributed by atoms with Gasteiger partial charge in [-0.25, -0.2) is 4.79 Å². The molecule has 0 fully saturated rings. The number of aliphatic carboxylic acids is 1. The van der Waals surface area contributed by atoms with E-state index < -0.39 is 12.0 Å². The predicted octanol–water partition coefficient (Wildman–Crippen LogP) is 2.46. The zero-order valence-electron chi connectivity index (χ0n) is 13.9. The van der Waals surface area contributed by atoms with E-state index in [0.717, 1.165) is 31.6 Å². The van der Waals surface area contributed by atoms with Gasteiger partial charge in [-0.2, -0.15) is 0 Å². The van der Waals surface area contributed by atoms with E-state index in [1.807, 2.05) is 12.1 Å². The second kappa shape index (κ2) is 8.54. The third kappa shape index (κ3) is 4.84. The lowest BCUT2D eigenvalue weighted by atomic mass is 10.1. The predicted molar refractivity (Wildman–Crippen MR) is 86.9 cm³/mol. The van der Waals surface area contributed by atoms with Gasteiger partial charge < -0.3 is 10.0 Å². The lowest BCUT2D eigenvalue weighted by Crippen LogP contribution is -2.40. The van der Waals surface area contributed by atoms with Crippen LogP contribution in [-0.2, 0) is 11.3 Å². The molecule has 0 radical (unpaired) electrons. The molecule has 0 bridgehead atoms. The van der Waals surface area contributed by atoms with Gasteiger partial charge in [0.2, 0.25) is 0 Å². The van der Waals surface area contributed by atoms with Gasteiger partial charge in [-0.05, 0) is 44.1 Å². The standard InChI is InChI=1S/C17H26N2O3/c1-5-11-19(6-2)12-14-7-9-15(10-8-14)16(20)18(4)13(3)17(21)22/h7-10,13H,5-6,11-12H2,1-4H3,(H,21,22). The van der Waals surface area contributed by atoms with Gasteiger partial charge in [0.1, 0.15) is 6.04 Å². The summed E-state index contributed by atoms with van der Waals surface area (Å²) in [5.41, 5.74) is 1.67. The molecule has 0 aliphatic heterocycles. The fourth-order valence-corrected chi connectivity index (χ4v) is 2.22. The molecule has 0 aliphatic carbocycles. The van der Waals surface area contributed by atoms with Gasteiger partial charge in [0.05, 0.1) is 0 Å². The van der Waals surface area contributed by atoms with Gasteiger partial charge >= 0.3 is 5.97 Å². The third-order valence-corrected chi connectivity index (χ3v) is 3.85. The molecule has 0 aliphatic rings. The van der Waals surface area contributed by atoms with E-state index in [9.17, 15) is 9.59 Å². The summed E-state index contributed by atoms with van der Waals surface area (Å²) in [6.45, 7) is 8.70. The number of likely N-dealkylation sites (N-methyl/N-ethyl adjacent to an activating group) is 1. The van der Waals surface area contributed by atoms with Crippen molar-refractivity contribution in [1.82, 2.24) is 9.80 Å². The van der Waals surface area contributed by atoms with Crippen molar-refractivity contribution < 1.29 is 14.7 Å². The number of benzene rings is 1. The topological polar surface area (TPSA) is 60.9 Å². The molecule has 0 heterocycles. The van der Waals surface area contributed by atoms with Crippen LogP contribution in [0.25, 0.3) is 0 Å². The molecule has 0 saturated carbocycles. The quantitative estimate of drug-likeness (QED) is 0.801. The summed E-state index contributed by atoms with van der Waals surface area (Å²) in [6, 6.07) is 6.56. The lowest BCUT2D eigenvalue weighted by molar-refractivity contribution is -0.141. The first kappa shape index (κ1) is 18.2. The van der Waals surface area contributed by atoms with Gasteiger partial charge in [0.25, 0.3) is 5.91 Å². The summed E-state index contributed by atoms with van der Waals surface area (Å²) in [7, 11) is 1.51. The average molecular weight is 306 g/mol. The first-order chi connectivity index (χ1) is 10.4. The minimum absolute atomic E-state index is 0.276. The summed E-state index contributed by atoms with van der Waals surface area (Å²) in [5, 5.41) is 8.97. The molecule has 1 N–H and O–H groups in total. The first-order valence-electron chi connectivity index (χ1n) is 7.71. The van der Waals surface area contributed by atoms with Gasteiger partial charge in [0, 0.05) is 19.2 Å². The van der Waals surface area contributed by atoms with Crippen LogP contribution in [0.2, 0.25) is 0 Å². The Hall–Kier alpha value is -1.88. The van der Waals surface area contributed by atoms with E-state index >= 15 is 0 Å². The van der Waals surface area contributed by atoms with Crippen LogP contribution in [0.3, 0.4) is 0 Å². The van der Waals surface area contributed by atoms with E-state index in [-0.39, 0.29) is 5.91 Å². The van der Waals surface area contributed by atoms with Crippen LogP contribution < -0.4 is 0 Å². The van der Waals surface area contributed by atoms with Crippen molar-refractivity contribution >= 4 is 11.9 Å². The third-order valence-electron chi connectivity index (χ3n) is 3.85. The Morgan fingerprint density at radius 1 is 1.18 bits per heavy atom. The molecule has 5 heteroatoms. The maximum atomic E-state index is 12.2. The van der Waals surface area contributed by atoms with E-state index in [2.05, 4.69) is 18.7 Å². The van der Waals surface area contributed by atoms with Gasteiger partial charge in [-0.15, -0.1) is 0 Å². The molecule has 1 unspecified atom stereocenters. The highest BCUT2D eigenvalue weighted by Crippen LogP contribution is 2.11. The van der Waals surface area contributed by atoms with Gasteiger partial charge in [-0.3, -0.25) is 9.69 Å². The van der Waals surface area contributed by atoms with Crippen LogP contribution in [0.15, 0.2) is 24.3 Å². The van der Waals surface area contributed by atoms with Crippen LogP contribution in [0.5, 0.6) is 0 Å². The number of carbonyl (C=O) groups excluding carboxylic acids is 1. The fourth-order valence-electron chi connectivity index (χ4n) is 2.22. The number of hydrogen-bond acceptors (Lipinski definition) is 3. The van der Waals surface area contributed by atoms with Crippen molar-refractivity contribution in [1.29, 1.82) is 0 Å². The minimum atomic E-state index is -1.01. The Labute approximate surface area is 132 Å². The van der Waals surface area contributed by atoms with Crippen molar-refractivity contribution in [3.63, 3.8) is 0 Å². The molecule has 1 atom stereocenters. The van der Waals surface area contributed by atoms with E-state index in [1.165, 1.54) is 18.9 Å². The molecule has 22 heavy (non-hydrogen) atoms. The van der Waals surface area contributed by atoms with E-state index in [4.69, 9.17) is 5.11 Å². The lowest BCUT2D eigenvalue weighted by Gasteiger charge is -2.22. The van der Waals surface area contributed by atoms with E-state index in [0.29, 0.717) is 5.56 Å². The van der Waals surface area contributed by atoms with Crippen molar-refractivity contribution in [2.45, 2.75) is 39.8 Å². The van der Waals surface area contributed by atoms with Gasteiger partial charge in [0.15, 0.2) is 0 Å². The van der Waals surface area contributed by atoms with E-state index in [1.54, 1.807) is 12.1 Å². The van der Waals surface area contributed by atoms with Crippen LogP contribution in [0.4, 0.5) is 0 Å². The molecule has 1 aromatic rings. The smallest absolute Gasteiger partial charge is 0.326 e. The van der Waals surface area contributed by atoms with Crippen molar-refractivity contribution in [2.24, 2.45) is 0 Å². The molecule has 5 nitrogen and oxygen atoms in total. The summed E-state index contributed by atoms with van der Waals surface area (Å²) in [4.78, 5) is 26.8. The van der Waals surface area contributed by atoms with Gasteiger partial charge in [-0.1, -0.05) is 26.0 Å². The molecule has 1 rings (SSSR count). The molecule has 1 aromatic carbocycles. The Morgan fingerprint density at radius 3 is 2.23 bits per heavy atom. The van der Waals surface area contributed by atoms with Crippen LogP contribution in [-0.4, -0.2) is 53.0 Å². The highest BCUT2D eigenvalue weighted by atomic mass is 16.4. The Morgan fingerprint density at radius 2 is 1.77 bits per heavy atom. The Balaban J connectivity index is 2.75. The number of hydrogen-bond donors (Lipinski definition) is 1. The highest BCUT2D eigenvalue weighted by Gasteiger charge is 2.22. The Bertz CT molecular complexity index is 499. The number of carbonyl (C=O) groups is 2. The van der Waals surface area contributed by atoms with Crippen molar-refractivity contribution in [2.75, 3.05) is 20.1 Å². The summed E-state index contributed by atoms with van der Waals surface area (Å²) < 4.78 is 0. The number of amides is 1. The SMILES string of the molecule is CCCN(CC)Cc1ccc(C(=O)N(C)C(C)C(=O)O)cc1. The molecule has 0 spiro atoms. The average Bonchev–Trinajstić information content (AvgIpc) is 2.52.